The molecule has 1 unspecified atom stereocenters. The van der Waals surface area contributed by atoms with E-state index in [1.165, 1.54) is 25.3 Å². The maximum Gasteiger partial charge on any atom is 0.339 e. The van der Waals surface area contributed by atoms with Crippen molar-refractivity contribution in [1.29, 1.82) is 0 Å². The molecule has 1 amide bonds. The van der Waals surface area contributed by atoms with Gasteiger partial charge in [0, 0.05) is 6.07 Å². The molecule has 0 aliphatic rings. The van der Waals surface area contributed by atoms with E-state index in [9.17, 15) is 19.7 Å². The molecule has 0 fully saturated rings. The fourth-order valence-corrected chi connectivity index (χ4v) is 3.29. The maximum atomic E-state index is 13.2. The smallest absolute Gasteiger partial charge is 0.339 e. The first-order valence-electron chi connectivity index (χ1n) is 9.74. The van der Waals surface area contributed by atoms with Crippen molar-refractivity contribution in [2.24, 2.45) is 0 Å². The highest BCUT2D eigenvalue weighted by Gasteiger charge is 2.24. The van der Waals surface area contributed by atoms with Crippen LogP contribution in [0.3, 0.4) is 0 Å². The third-order valence-corrected chi connectivity index (χ3v) is 4.83. The number of thiocarbonyl (C=S) groups is 1. The first-order valence-corrected chi connectivity index (χ1v) is 10.2. The number of amides is 1. The molecule has 3 rings (SSSR count). The van der Waals surface area contributed by atoms with Gasteiger partial charge < -0.3 is 20.7 Å². The highest BCUT2D eigenvalue weighted by molar-refractivity contribution is 7.80. The van der Waals surface area contributed by atoms with Gasteiger partial charge in [-0.15, -0.1) is 0 Å². The van der Waals surface area contributed by atoms with Crippen LogP contribution in [0.15, 0.2) is 78.9 Å². The lowest BCUT2D eigenvalue weighted by molar-refractivity contribution is -0.383. The molecule has 0 bridgehead atoms. The van der Waals surface area contributed by atoms with Crippen molar-refractivity contribution in [3.05, 3.63) is 100 Å². The lowest BCUT2D eigenvalue weighted by atomic mass is 10.1. The molecule has 0 saturated carbocycles. The SMILES string of the molecule is COC(=O)c1ccccc1NC(=O)C(NC(=S)Nc1ccccc1[N+](=O)[O-])c1ccccc1. The molecule has 33 heavy (non-hydrogen) atoms. The van der Waals surface area contributed by atoms with Crippen LogP contribution in [0.5, 0.6) is 0 Å². The Morgan fingerprint density at radius 3 is 2.18 bits per heavy atom. The summed E-state index contributed by atoms with van der Waals surface area (Å²) < 4.78 is 4.77. The molecule has 0 aliphatic carbocycles. The molecule has 0 radical (unpaired) electrons. The summed E-state index contributed by atoms with van der Waals surface area (Å²) in [6.45, 7) is 0. The molecule has 0 aliphatic heterocycles. The average molecular weight is 465 g/mol. The van der Waals surface area contributed by atoms with Crippen LogP contribution in [0.4, 0.5) is 17.1 Å². The van der Waals surface area contributed by atoms with E-state index in [-0.39, 0.29) is 27.7 Å². The highest BCUT2D eigenvalue weighted by atomic mass is 32.1. The lowest BCUT2D eigenvalue weighted by Gasteiger charge is -2.21. The molecule has 10 heteroatoms. The molecule has 3 N–H and O–H groups in total. The molecule has 168 valence electrons. The molecule has 3 aromatic rings. The van der Waals surface area contributed by atoms with Crippen molar-refractivity contribution in [2.45, 2.75) is 6.04 Å². The van der Waals surface area contributed by atoms with Gasteiger partial charge in [0.25, 0.3) is 11.6 Å². The van der Waals surface area contributed by atoms with Crippen LogP contribution in [0.2, 0.25) is 0 Å². The number of methoxy groups -OCH3 is 1. The summed E-state index contributed by atoms with van der Waals surface area (Å²) in [6.07, 6.45) is 0. The Hall–Kier alpha value is -4.31. The topological polar surface area (TPSA) is 123 Å². The van der Waals surface area contributed by atoms with Gasteiger partial charge in [-0.05, 0) is 36.0 Å². The van der Waals surface area contributed by atoms with Crippen LogP contribution >= 0.6 is 12.2 Å². The zero-order chi connectivity index (χ0) is 23.8. The van der Waals surface area contributed by atoms with Crippen molar-refractivity contribution in [3.8, 4) is 0 Å². The molecule has 3 aromatic carbocycles. The van der Waals surface area contributed by atoms with E-state index in [0.29, 0.717) is 5.56 Å². The fourth-order valence-electron chi connectivity index (χ4n) is 3.06. The standard InChI is InChI=1S/C23H20N4O5S/c1-32-22(29)16-11-5-6-12-17(16)24-21(28)20(15-9-3-2-4-10-15)26-23(33)25-18-13-7-8-14-19(18)27(30)31/h2-14,20H,1H3,(H,24,28)(H2,25,26,33). The second-order valence-corrected chi connectivity index (χ2v) is 7.15. The minimum absolute atomic E-state index is 0.00885. The third-order valence-electron chi connectivity index (χ3n) is 4.61. The van der Waals surface area contributed by atoms with Crippen molar-refractivity contribution >= 4 is 46.3 Å². The molecule has 9 nitrogen and oxygen atoms in total. The summed E-state index contributed by atoms with van der Waals surface area (Å²) >= 11 is 5.33. The number of anilines is 2. The second kappa shape index (κ2) is 10.8. The third kappa shape index (κ3) is 5.89. The first-order chi connectivity index (χ1) is 15.9. The summed E-state index contributed by atoms with van der Waals surface area (Å²) in [7, 11) is 1.25. The van der Waals surface area contributed by atoms with Gasteiger partial charge in [0.15, 0.2) is 5.11 Å². The lowest BCUT2D eigenvalue weighted by Crippen LogP contribution is -2.39. The summed E-state index contributed by atoms with van der Waals surface area (Å²) in [6, 6.07) is 20.3. The zero-order valence-corrected chi connectivity index (χ0v) is 18.3. The highest BCUT2D eigenvalue weighted by Crippen LogP contribution is 2.24. The van der Waals surface area contributed by atoms with E-state index >= 15 is 0 Å². The number of hydrogen-bond acceptors (Lipinski definition) is 6. The number of carbonyl (C=O) groups is 2. The fraction of sp³-hybridized carbons (Fsp3) is 0.0870. The Balaban J connectivity index is 1.85. The van der Waals surface area contributed by atoms with E-state index in [1.807, 2.05) is 0 Å². The van der Waals surface area contributed by atoms with Gasteiger partial charge in [0.1, 0.15) is 11.7 Å². The molecule has 0 saturated heterocycles. The first kappa shape index (κ1) is 23.4. The molecule has 1 atom stereocenters. The number of esters is 1. The van der Waals surface area contributed by atoms with Gasteiger partial charge in [-0.3, -0.25) is 14.9 Å². The number of rotatable bonds is 7. The Morgan fingerprint density at radius 1 is 0.909 bits per heavy atom. The van der Waals surface area contributed by atoms with Crippen LogP contribution in [-0.2, 0) is 9.53 Å². The van der Waals surface area contributed by atoms with E-state index < -0.39 is 22.8 Å². The average Bonchev–Trinajstić information content (AvgIpc) is 2.83. The number of para-hydroxylation sites is 3. The maximum absolute atomic E-state index is 13.2. The normalized spacial score (nSPS) is 11.1. The van der Waals surface area contributed by atoms with Crippen LogP contribution < -0.4 is 16.0 Å². The minimum atomic E-state index is -0.959. The predicted molar refractivity (Wildman–Crippen MR) is 128 cm³/mol. The number of ether oxygens (including phenoxy) is 1. The van der Waals surface area contributed by atoms with Crippen LogP contribution in [-0.4, -0.2) is 29.0 Å². The Kier molecular flexibility index (Phi) is 7.66. The number of nitro groups is 1. The van der Waals surface area contributed by atoms with Gasteiger partial charge in [0.05, 0.1) is 23.3 Å². The molecule has 0 heterocycles. The number of nitro benzene ring substituents is 1. The number of hydrogen-bond donors (Lipinski definition) is 3. The van der Waals surface area contributed by atoms with Gasteiger partial charge in [-0.25, -0.2) is 4.79 Å². The minimum Gasteiger partial charge on any atom is -0.465 e. The molecule has 0 spiro atoms. The second-order valence-electron chi connectivity index (χ2n) is 6.74. The van der Waals surface area contributed by atoms with Gasteiger partial charge in [-0.2, -0.15) is 0 Å². The Labute approximate surface area is 194 Å². The Bertz CT molecular complexity index is 1190. The molecular weight excluding hydrogens is 444 g/mol. The van der Waals surface area contributed by atoms with Crippen LogP contribution in [0.1, 0.15) is 22.0 Å². The summed E-state index contributed by atoms with van der Waals surface area (Å²) in [5.41, 5.74) is 1.09. The van der Waals surface area contributed by atoms with E-state index in [2.05, 4.69) is 16.0 Å². The molecule has 0 aromatic heterocycles. The predicted octanol–water partition coefficient (Wildman–Crippen LogP) is 4.05. The Morgan fingerprint density at radius 2 is 1.52 bits per heavy atom. The van der Waals surface area contributed by atoms with Gasteiger partial charge in [-0.1, -0.05) is 54.6 Å². The summed E-state index contributed by atoms with van der Waals surface area (Å²) in [5.74, 6) is -1.09. The van der Waals surface area contributed by atoms with Gasteiger partial charge in [0.2, 0.25) is 0 Å². The van der Waals surface area contributed by atoms with Crippen LogP contribution in [0, 0.1) is 10.1 Å². The zero-order valence-electron chi connectivity index (χ0n) is 17.5. The van der Waals surface area contributed by atoms with E-state index in [0.717, 1.165) is 0 Å². The summed E-state index contributed by atoms with van der Waals surface area (Å²) in [4.78, 5) is 36.0. The van der Waals surface area contributed by atoms with Crippen molar-refractivity contribution in [3.63, 3.8) is 0 Å². The monoisotopic (exact) mass is 464 g/mol. The van der Waals surface area contributed by atoms with Gasteiger partial charge >= 0.3 is 5.97 Å². The summed E-state index contributed by atoms with van der Waals surface area (Å²) in [5, 5.41) is 19.7. The number of nitrogens with one attached hydrogen (secondary N) is 3. The van der Waals surface area contributed by atoms with Crippen molar-refractivity contribution in [2.75, 3.05) is 17.7 Å². The number of carbonyl (C=O) groups excluding carboxylic acids is 2. The van der Waals surface area contributed by atoms with E-state index in [4.69, 9.17) is 17.0 Å². The quantitative estimate of drug-likeness (QED) is 0.207. The molecular formula is C23H20N4O5S. The number of benzene rings is 3. The van der Waals surface area contributed by atoms with Crippen molar-refractivity contribution in [1.82, 2.24) is 5.32 Å². The van der Waals surface area contributed by atoms with Crippen molar-refractivity contribution < 1.29 is 19.2 Å². The largest absolute Gasteiger partial charge is 0.465 e. The van der Waals surface area contributed by atoms with Crippen LogP contribution in [0.25, 0.3) is 0 Å². The van der Waals surface area contributed by atoms with E-state index in [1.54, 1.807) is 60.7 Å². The number of nitrogens with zero attached hydrogens (tertiary/aromatic N) is 1.